The van der Waals surface area contributed by atoms with Gasteiger partial charge >= 0.3 is 0 Å². The van der Waals surface area contributed by atoms with Crippen molar-refractivity contribution in [2.45, 2.75) is 18.9 Å². The van der Waals surface area contributed by atoms with Crippen LogP contribution in [0.4, 0.5) is 0 Å². The molecule has 1 fully saturated rings. The second kappa shape index (κ2) is 6.16. The van der Waals surface area contributed by atoms with Crippen LogP contribution in [-0.4, -0.2) is 36.9 Å². The maximum Gasteiger partial charge on any atom is 0.244 e. The fourth-order valence-corrected chi connectivity index (χ4v) is 3.10. The summed E-state index contributed by atoms with van der Waals surface area (Å²) < 4.78 is 0. The number of nitrogens with two attached hydrogens (primary N) is 1. The predicted octanol–water partition coefficient (Wildman–Crippen LogP) is 0.733. The number of piperidine rings is 1. The van der Waals surface area contributed by atoms with Crippen LogP contribution >= 0.6 is 11.3 Å². The third kappa shape index (κ3) is 3.13. The molecular formula is C13H19N3O2S. The van der Waals surface area contributed by atoms with E-state index in [1.807, 2.05) is 17.5 Å². The Labute approximate surface area is 116 Å². The zero-order chi connectivity index (χ0) is 13.8. The molecule has 1 aliphatic rings. The highest BCUT2D eigenvalue weighted by molar-refractivity contribution is 7.10. The Bertz CT molecular complexity index is 447. The highest BCUT2D eigenvalue weighted by Crippen LogP contribution is 2.23. The smallest absolute Gasteiger partial charge is 0.244 e. The molecule has 0 aromatic carbocycles. The molecule has 2 rings (SSSR count). The number of rotatable bonds is 3. The topological polar surface area (TPSA) is 75.4 Å². The Morgan fingerprint density at radius 1 is 1.58 bits per heavy atom. The van der Waals surface area contributed by atoms with Gasteiger partial charge in [0.15, 0.2) is 0 Å². The van der Waals surface area contributed by atoms with Crippen molar-refractivity contribution in [3.05, 3.63) is 22.4 Å². The summed E-state index contributed by atoms with van der Waals surface area (Å²) in [4.78, 5) is 26.6. The molecule has 1 aromatic heterocycles. The average molecular weight is 281 g/mol. The monoisotopic (exact) mass is 281 g/mol. The van der Waals surface area contributed by atoms with Crippen molar-refractivity contribution >= 4 is 23.2 Å². The van der Waals surface area contributed by atoms with E-state index in [-0.39, 0.29) is 17.7 Å². The Morgan fingerprint density at radius 2 is 2.37 bits per heavy atom. The lowest BCUT2D eigenvalue weighted by atomic mass is 9.96. The SMILES string of the molecule is CNC(=O)C1CCCN(C(=O)C(N)c2cccs2)C1. The molecular weight excluding hydrogens is 262 g/mol. The summed E-state index contributed by atoms with van der Waals surface area (Å²) in [5, 5.41) is 4.55. The van der Waals surface area contributed by atoms with Crippen LogP contribution in [0.25, 0.3) is 0 Å². The van der Waals surface area contributed by atoms with E-state index in [0.29, 0.717) is 13.1 Å². The second-order valence-corrected chi connectivity index (χ2v) is 5.71. The lowest BCUT2D eigenvalue weighted by molar-refractivity contribution is -0.136. The molecule has 2 amide bonds. The van der Waals surface area contributed by atoms with Crippen LogP contribution in [0.15, 0.2) is 17.5 Å². The van der Waals surface area contributed by atoms with Gasteiger partial charge in [0, 0.05) is 25.0 Å². The average Bonchev–Trinajstić information content (AvgIpc) is 2.99. The molecule has 1 saturated heterocycles. The summed E-state index contributed by atoms with van der Waals surface area (Å²) >= 11 is 1.48. The Kier molecular flexibility index (Phi) is 4.55. The quantitative estimate of drug-likeness (QED) is 0.857. The third-order valence-electron chi connectivity index (χ3n) is 3.47. The molecule has 0 spiro atoms. The van der Waals surface area contributed by atoms with E-state index in [2.05, 4.69) is 5.32 Å². The van der Waals surface area contributed by atoms with Gasteiger partial charge in [0.25, 0.3) is 0 Å². The summed E-state index contributed by atoms with van der Waals surface area (Å²) in [6, 6.07) is 3.15. The van der Waals surface area contributed by atoms with Crippen molar-refractivity contribution in [1.82, 2.24) is 10.2 Å². The largest absolute Gasteiger partial charge is 0.359 e. The number of carbonyl (C=O) groups is 2. The first-order chi connectivity index (χ1) is 9.13. The van der Waals surface area contributed by atoms with Gasteiger partial charge in [-0.1, -0.05) is 6.07 Å². The Morgan fingerprint density at radius 3 is 3.00 bits per heavy atom. The molecule has 1 aromatic rings. The van der Waals surface area contributed by atoms with E-state index in [1.54, 1.807) is 11.9 Å². The molecule has 5 nitrogen and oxygen atoms in total. The summed E-state index contributed by atoms with van der Waals surface area (Å²) in [5.41, 5.74) is 5.99. The predicted molar refractivity (Wildman–Crippen MR) is 74.6 cm³/mol. The van der Waals surface area contributed by atoms with Crippen LogP contribution in [0.2, 0.25) is 0 Å². The van der Waals surface area contributed by atoms with Gasteiger partial charge in [-0.25, -0.2) is 0 Å². The van der Waals surface area contributed by atoms with E-state index in [9.17, 15) is 9.59 Å². The molecule has 0 aliphatic carbocycles. The number of nitrogens with zero attached hydrogens (tertiary/aromatic N) is 1. The maximum absolute atomic E-state index is 12.3. The van der Waals surface area contributed by atoms with E-state index in [0.717, 1.165) is 17.7 Å². The van der Waals surface area contributed by atoms with E-state index < -0.39 is 6.04 Å². The fraction of sp³-hybridized carbons (Fsp3) is 0.538. The molecule has 2 atom stereocenters. The van der Waals surface area contributed by atoms with Gasteiger partial charge in [-0.3, -0.25) is 9.59 Å². The van der Waals surface area contributed by atoms with E-state index in [4.69, 9.17) is 5.73 Å². The summed E-state index contributed by atoms with van der Waals surface area (Å²) in [6.07, 6.45) is 1.68. The van der Waals surface area contributed by atoms with Crippen molar-refractivity contribution in [2.75, 3.05) is 20.1 Å². The Hall–Kier alpha value is -1.40. The lowest BCUT2D eigenvalue weighted by Crippen LogP contribution is -2.47. The van der Waals surface area contributed by atoms with Crippen molar-refractivity contribution in [3.8, 4) is 0 Å². The van der Waals surface area contributed by atoms with Crippen LogP contribution in [0.1, 0.15) is 23.8 Å². The molecule has 3 N–H and O–H groups in total. The van der Waals surface area contributed by atoms with E-state index >= 15 is 0 Å². The van der Waals surface area contributed by atoms with Crippen LogP contribution < -0.4 is 11.1 Å². The van der Waals surface area contributed by atoms with Gasteiger partial charge in [-0.2, -0.15) is 0 Å². The molecule has 2 unspecified atom stereocenters. The van der Waals surface area contributed by atoms with Crippen molar-refractivity contribution in [1.29, 1.82) is 0 Å². The first-order valence-corrected chi connectivity index (χ1v) is 7.30. The van der Waals surface area contributed by atoms with Gasteiger partial charge in [0.1, 0.15) is 6.04 Å². The molecule has 1 aliphatic heterocycles. The molecule has 19 heavy (non-hydrogen) atoms. The Balaban J connectivity index is 2.01. The number of nitrogens with one attached hydrogen (secondary N) is 1. The number of thiophene rings is 1. The molecule has 6 heteroatoms. The highest BCUT2D eigenvalue weighted by Gasteiger charge is 2.30. The molecule has 104 valence electrons. The normalized spacial score (nSPS) is 20.9. The van der Waals surface area contributed by atoms with E-state index in [1.165, 1.54) is 11.3 Å². The number of carbonyl (C=O) groups excluding carboxylic acids is 2. The van der Waals surface area contributed by atoms with Crippen molar-refractivity contribution in [2.24, 2.45) is 11.7 Å². The number of likely N-dealkylation sites (tertiary alicyclic amines) is 1. The summed E-state index contributed by atoms with van der Waals surface area (Å²) in [6.45, 7) is 1.16. The first-order valence-electron chi connectivity index (χ1n) is 6.43. The number of amides is 2. The van der Waals surface area contributed by atoms with Crippen molar-refractivity contribution in [3.63, 3.8) is 0 Å². The van der Waals surface area contributed by atoms with Gasteiger partial charge < -0.3 is 16.0 Å². The zero-order valence-corrected chi connectivity index (χ0v) is 11.8. The minimum Gasteiger partial charge on any atom is -0.359 e. The first kappa shape index (κ1) is 14.0. The molecule has 0 saturated carbocycles. The fourth-order valence-electron chi connectivity index (χ4n) is 2.38. The number of hydrogen-bond acceptors (Lipinski definition) is 4. The zero-order valence-electron chi connectivity index (χ0n) is 11.0. The van der Waals surface area contributed by atoms with Gasteiger partial charge in [0.2, 0.25) is 11.8 Å². The minimum absolute atomic E-state index is 0.00203. The third-order valence-corrected chi connectivity index (χ3v) is 4.42. The van der Waals surface area contributed by atoms with Gasteiger partial charge in [0.05, 0.1) is 5.92 Å². The van der Waals surface area contributed by atoms with Crippen molar-refractivity contribution < 1.29 is 9.59 Å². The van der Waals surface area contributed by atoms with Gasteiger partial charge in [-0.05, 0) is 24.3 Å². The molecule has 0 bridgehead atoms. The van der Waals surface area contributed by atoms with Crippen LogP contribution in [0.5, 0.6) is 0 Å². The highest BCUT2D eigenvalue weighted by atomic mass is 32.1. The minimum atomic E-state index is -0.608. The summed E-state index contributed by atoms with van der Waals surface area (Å²) in [7, 11) is 1.63. The molecule has 0 radical (unpaired) electrons. The second-order valence-electron chi connectivity index (χ2n) is 4.73. The lowest BCUT2D eigenvalue weighted by Gasteiger charge is -2.33. The van der Waals surface area contributed by atoms with Crippen LogP contribution in [-0.2, 0) is 9.59 Å². The number of hydrogen-bond donors (Lipinski definition) is 2. The van der Waals surface area contributed by atoms with Crippen LogP contribution in [0, 0.1) is 5.92 Å². The van der Waals surface area contributed by atoms with Gasteiger partial charge in [-0.15, -0.1) is 11.3 Å². The standard InChI is InChI=1S/C13H19N3O2S/c1-15-12(17)9-4-2-6-16(8-9)13(18)11(14)10-5-3-7-19-10/h3,5,7,9,11H,2,4,6,8,14H2,1H3,(H,15,17). The van der Waals surface area contributed by atoms with Crippen LogP contribution in [0.3, 0.4) is 0 Å². The molecule has 2 heterocycles. The summed E-state index contributed by atoms with van der Waals surface area (Å²) in [5.74, 6) is -0.198. The maximum atomic E-state index is 12.3.